The van der Waals surface area contributed by atoms with Gasteiger partial charge in [0, 0.05) is 18.7 Å². The summed E-state index contributed by atoms with van der Waals surface area (Å²) >= 11 is 0. The van der Waals surface area contributed by atoms with Gasteiger partial charge in [-0.3, -0.25) is 9.59 Å². The predicted molar refractivity (Wildman–Crippen MR) is 85.0 cm³/mol. The molecule has 7 nitrogen and oxygen atoms in total. The lowest BCUT2D eigenvalue weighted by atomic mass is 10.0. The molecule has 0 aliphatic heterocycles. The van der Waals surface area contributed by atoms with Crippen molar-refractivity contribution < 1.29 is 23.9 Å². The molecule has 1 aromatic carbocycles. The van der Waals surface area contributed by atoms with Crippen LogP contribution in [0.2, 0.25) is 0 Å². The van der Waals surface area contributed by atoms with Crippen LogP contribution < -0.4 is 15.4 Å². The first-order valence-corrected chi connectivity index (χ1v) is 7.21. The van der Waals surface area contributed by atoms with Crippen LogP contribution in [0.3, 0.4) is 0 Å². The normalized spacial score (nSPS) is 11.5. The van der Waals surface area contributed by atoms with E-state index in [4.69, 9.17) is 4.74 Å². The van der Waals surface area contributed by atoms with E-state index < -0.39 is 12.0 Å². The fourth-order valence-electron chi connectivity index (χ4n) is 1.84. The summed E-state index contributed by atoms with van der Waals surface area (Å²) in [5, 5.41) is 5.34. The van der Waals surface area contributed by atoms with Crippen molar-refractivity contribution >= 4 is 23.5 Å². The van der Waals surface area contributed by atoms with Crippen molar-refractivity contribution in [1.82, 2.24) is 5.32 Å². The van der Waals surface area contributed by atoms with Crippen molar-refractivity contribution in [2.24, 2.45) is 5.92 Å². The van der Waals surface area contributed by atoms with Crippen LogP contribution in [-0.4, -0.2) is 37.5 Å². The van der Waals surface area contributed by atoms with Crippen LogP contribution in [0.5, 0.6) is 5.75 Å². The topological polar surface area (TPSA) is 93.7 Å². The van der Waals surface area contributed by atoms with Crippen LogP contribution in [-0.2, 0) is 19.1 Å². The number of nitrogens with one attached hydrogen (secondary N) is 2. The van der Waals surface area contributed by atoms with Gasteiger partial charge in [0.2, 0.25) is 11.8 Å². The minimum Gasteiger partial charge on any atom is -0.482 e. The molecule has 0 aromatic heterocycles. The Kier molecular flexibility index (Phi) is 7.05. The zero-order chi connectivity index (χ0) is 17.4. The van der Waals surface area contributed by atoms with Gasteiger partial charge in [-0.05, 0) is 18.1 Å². The molecule has 0 aliphatic carbocycles. The van der Waals surface area contributed by atoms with E-state index in [-0.39, 0.29) is 24.3 Å². The highest BCUT2D eigenvalue weighted by molar-refractivity contribution is 5.97. The molecule has 23 heavy (non-hydrogen) atoms. The number of methoxy groups -OCH3 is 1. The lowest BCUT2D eigenvalue weighted by Gasteiger charge is -2.21. The number of rotatable bonds is 7. The van der Waals surface area contributed by atoms with Crippen LogP contribution in [0.25, 0.3) is 0 Å². The van der Waals surface area contributed by atoms with Crippen molar-refractivity contribution in [2.75, 3.05) is 19.0 Å². The van der Waals surface area contributed by atoms with E-state index in [0.29, 0.717) is 11.4 Å². The Labute approximate surface area is 135 Å². The molecule has 2 N–H and O–H groups in total. The number of carbonyl (C=O) groups excluding carboxylic acids is 3. The highest BCUT2D eigenvalue weighted by atomic mass is 16.6. The first-order chi connectivity index (χ1) is 10.8. The molecular formula is C16H22N2O5. The molecule has 1 aromatic rings. The van der Waals surface area contributed by atoms with Crippen molar-refractivity contribution in [2.45, 2.75) is 26.8 Å². The summed E-state index contributed by atoms with van der Waals surface area (Å²) in [5.41, 5.74) is 0.508. The summed E-state index contributed by atoms with van der Waals surface area (Å²) < 4.78 is 9.75. The van der Waals surface area contributed by atoms with E-state index in [0.717, 1.165) is 0 Å². The van der Waals surface area contributed by atoms with E-state index in [2.05, 4.69) is 15.4 Å². The number of hydrogen-bond acceptors (Lipinski definition) is 5. The number of benzene rings is 1. The molecule has 0 saturated heterocycles. The second kappa shape index (κ2) is 8.77. The monoisotopic (exact) mass is 322 g/mol. The third-order valence-electron chi connectivity index (χ3n) is 2.99. The zero-order valence-electron chi connectivity index (χ0n) is 13.7. The summed E-state index contributed by atoms with van der Waals surface area (Å²) in [6.07, 6.45) is 0. The first kappa shape index (κ1) is 18.5. The molecule has 0 unspecified atom stereocenters. The Balaban J connectivity index is 2.73. The van der Waals surface area contributed by atoms with Gasteiger partial charge in [0.25, 0.3) is 0 Å². The molecule has 1 rings (SSSR count). The van der Waals surface area contributed by atoms with Gasteiger partial charge in [0.1, 0.15) is 11.8 Å². The number of ether oxygens (including phenoxy) is 2. The van der Waals surface area contributed by atoms with Gasteiger partial charge in [0.05, 0.1) is 7.11 Å². The smallest absolute Gasteiger partial charge is 0.343 e. The van der Waals surface area contributed by atoms with Gasteiger partial charge in [-0.15, -0.1) is 0 Å². The van der Waals surface area contributed by atoms with Crippen LogP contribution in [0.15, 0.2) is 24.3 Å². The molecule has 0 bridgehead atoms. The lowest BCUT2D eigenvalue weighted by Crippen LogP contribution is -2.46. The van der Waals surface area contributed by atoms with Gasteiger partial charge in [-0.2, -0.15) is 0 Å². The number of anilines is 1. The fraction of sp³-hybridized carbons (Fsp3) is 0.438. The van der Waals surface area contributed by atoms with Crippen LogP contribution >= 0.6 is 0 Å². The third-order valence-corrected chi connectivity index (χ3v) is 2.99. The predicted octanol–water partition coefficient (Wildman–Crippen LogP) is 1.34. The molecule has 0 heterocycles. The molecule has 1 atom stereocenters. The minimum atomic E-state index is -0.632. The average molecular weight is 322 g/mol. The van der Waals surface area contributed by atoms with Crippen LogP contribution in [0.4, 0.5) is 5.69 Å². The maximum Gasteiger partial charge on any atom is 0.343 e. The molecule has 2 amide bonds. The van der Waals surface area contributed by atoms with E-state index >= 15 is 0 Å². The third kappa shape index (κ3) is 6.37. The van der Waals surface area contributed by atoms with Gasteiger partial charge in [-0.25, -0.2) is 4.79 Å². The molecular weight excluding hydrogens is 300 g/mol. The molecule has 0 aliphatic rings. The number of esters is 1. The minimum absolute atomic E-state index is 0.0577. The lowest BCUT2D eigenvalue weighted by molar-refractivity contribution is -0.142. The molecule has 0 saturated carbocycles. The summed E-state index contributed by atoms with van der Waals surface area (Å²) in [5.74, 6) is -0.717. The summed E-state index contributed by atoms with van der Waals surface area (Å²) in [4.78, 5) is 34.5. The summed E-state index contributed by atoms with van der Waals surface area (Å²) in [7, 11) is 1.27. The first-order valence-electron chi connectivity index (χ1n) is 7.21. The van der Waals surface area contributed by atoms with E-state index in [9.17, 15) is 14.4 Å². The Hall–Kier alpha value is -2.57. The fourth-order valence-corrected chi connectivity index (χ4v) is 1.84. The van der Waals surface area contributed by atoms with Crippen molar-refractivity contribution in [1.29, 1.82) is 0 Å². The number of amides is 2. The van der Waals surface area contributed by atoms with Gasteiger partial charge >= 0.3 is 5.97 Å². The van der Waals surface area contributed by atoms with Crippen LogP contribution in [0.1, 0.15) is 20.8 Å². The highest BCUT2D eigenvalue weighted by Gasteiger charge is 2.23. The van der Waals surface area contributed by atoms with Gasteiger partial charge < -0.3 is 20.1 Å². The Morgan fingerprint density at radius 1 is 1.22 bits per heavy atom. The standard InChI is InChI=1S/C16H22N2O5/c1-10(2)15(17-11(3)19)16(21)18-12-6-5-7-13(8-12)23-9-14(20)22-4/h5-8,10,15H,9H2,1-4H3,(H,17,19)(H,18,21)/t15-/m0/s1. The molecule has 126 valence electrons. The summed E-state index contributed by atoms with van der Waals surface area (Å²) in [6, 6.07) is 5.99. The second-order valence-electron chi connectivity index (χ2n) is 5.30. The quantitative estimate of drug-likeness (QED) is 0.739. The maximum atomic E-state index is 12.3. The van der Waals surface area contributed by atoms with Crippen molar-refractivity contribution in [3.8, 4) is 5.75 Å². The highest BCUT2D eigenvalue weighted by Crippen LogP contribution is 2.18. The molecule has 0 spiro atoms. The van der Waals surface area contributed by atoms with Crippen molar-refractivity contribution in [3.63, 3.8) is 0 Å². The second-order valence-corrected chi connectivity index (χ2v) is 5.30. The largest absolute Gasteiger partial charge is 0.482 e. The van der Waals surface area contributed by atoms with Crippen molar-refractivity contribution in [3.05, 3.63) is 24.3 Å². The van der Waals surface area contributed by atoms with E-state index in [1.807, 2.05) is 13.8 Å². The number of hydrogen-bond donors (Lipinski definition) is 2. The Morgan fingerprint density at radius 3 is 2.48 bits per heavy atom. The summed E-state index contributed by atoms with van der Waals surface area (Å²) in [6.45, 7) is 4.84. The Bertz CT molecular complexity index is 571. The van der Waals surface area contributed by atoms with Crippen LogP contribution in [0, 0.1) is 5.92 Å². The SMILES string of the molecule is COC(=O)COc1cccc(NC(=O)[C@@H](NC(C)=O)C(C)C)c1. The zero-order valence-corrected chi connectivity index (χ0v) is 13.7. The Morgan fingerprint density at radius 2 is 1.91 bits per heavy atom. The van der Waals surface area contributed by atoms with Gasteiger partial charge in [-0.1, -0.05) is 19.9 Å². The van der Waals surface area contributed by atoms with E-state index in [1.54, 1.807) is 24.3 Å². The van der Waals surface area contributed by atoms with E-state index in [1.165, 1.54) is 14.0 Å². The number of carbonyl (C=O) groups is 3. The molecule has 0 radical (unpaired) electrons. The van der Waals surface area contributed by atoms with Gasteiger partial charge in [0.15, 0.2) is 6.61 Å². The molecule has 0 fully saturated rings. The molecule has 7 heteroatoms. The maximum absolute atomic E-state index is 12.3. The average Bonchev–Trinajstić information content (AvgIpc) is 2.50.